The molecule has 2 N–H and O–H groups in total. The topological polar surface area (TPSA) is 104 Å². The third-order valence-corrected chi connectivity index (χ3v) is 6.55. The summed E-state index contributed by atoms with van der Waals surface area (Å²) in [6, 6.07) is 7.74. The second kappa shape index (κ2) is 7.95. The molecule has 2 aromatic carbocycles. The van der Waals surface area contributed by atoms with E-state index in [0.29, 0.717) is 39.1 Å². The van der Waals surface area contributed by atoms with Gasteiger partial charge in [-0.15, -0.1) is 0 Å². The predicted molar refractivity (Wildman–Crippen MR) is 130 cm³/mol. The summed E-state index contributed by atoms with van der Waals surface area (Å²) in [4.78, 5) is 20.0. The number of alkyl halides is 3. The van der Waals surface area contributed by atoms with Crippen molar-refractivity contribution < 1.29 is 22.7 Å². The lowest BCUT2D eigenvalue weighted by atomic mass is 10.0. The molecule has 5 aromatic rings. The number of amides is 1. The van der Waals surface area contributed by atoms with Gasteiger partial charge >= 0.3 is 6.18 Å². The maximum atomic E-state index is 14.0. The van der Waals surface area contributed by atoms with Crippen LogP contribution in [0.25, 0.3) is 21.8 Å². The molecule has 0 spiro atoms. The zero-order valence-corrected chi connectivity index (χ0v) is 19.7. The summed E-state index contributed by atoms with van der Waals surface area (Å²) in [6.07, 6.45) is 0.364. The quantitative estimate of drug-likeness (QED) is 0.392. The first-order chi connectivity index (χ1) is 17.6. The molecule has 0 aliphatic carbocycles. The molecule has 3 aromatic heterocycles. The van der Waals surface area contributed by atoms with Crippen LogP contribution in [0.2, 0.25) is 0 Å². The number of hydrogen-bond acceptors (Lipinski definition) is 6. The van der Waals surface area contributed by atoms with Gasteiger partial charge in [0.05, 0.1) is 35.2 Å². The number of aromatic nitrogens is 5. The van der Waals surface area contributed by atoms with Crippen LogP contribution < -0.4 is 15.4 Å². The number of rotatable bonds is 3. The second-order valence-electron chi connectivity index (χ2n) is 8.88. The number of nitrogen functional groups attached to an aromatic ring is 1. The molecule has 0 bridgehead atoms. The number of nitrogens with two attached hydrogens (primary N) is 1. The first-order valence-electron chi connectivity index (χ1n) is 11.3. The highest BCUT2D eigenvalue weighted by Gasteiger charge is 2.38. The van der Waals surface area contributed by atoms with Gasteiger partial charge in [-0.3, -0.25) is 19.1 Å². The fourth-order valence-electron chi connectivity index (χ4n) is 4.80. The maximum absolute atomic E-state index is 14.0. The van der Waals surface area contributed by atoms with Crippen molar-refractivity contribution in [2.75, 3.05) is 17.2 Å². The largest absolute Gasteiger partial charge is 0.491 e. The molecule has 1 aliphatic rings. The van der Waals surface area contributed by atoms with Gasteiger partial charge in [0.1, 0.15) is 23.7 Å². The van der Waals surface area contributed by atoms with Crippen molar-refractivity contribution in [1.82, 2.24) is 24.5 Å². The normalized spacial score (nSPS) is 15.2. The molecule has 6 rings (SSSR count). The number of carbonyl (C=O) groups is 1. The fraction of sp³-hybridized carbons (Fsp3) is 0.200. The third kappa shape index (κ3) is 3.63. The Kier molecular flexibility index (Phi) is 4.90. The van der Waals surface area contributed by atoms with Gasteiger partial charge in [-0.25, -0.2) is 4.98 Å². The van der Waals surface area contributed by atoms with Crippen LogP contribution >= 0.6 is 0 Å². The van der Waals surface area contributed by atoms with E-state index in [-0.39, 0.29) is 18.3 Å². The van der Waals surface area contributed by atoms with Crippen LogP contribution in [-0.4, -0.2) is 37.1 Å². The molecule has 0 fully saturated rings. The number of pyridine rings is 1. The average Bonchev–Trinajstić information content (AvgIpc) is 3.58. The predicted octanol–water partition coefficient (Wildman–Crippen LogP) is 4.24. The highest BCUT2D eigenvalue weighted by Crippen LogP contribution is 2.42. The lowest BCUT2D eigenvalue weighted by Gasteiger charge is -2.27. The van der Waals surface area contributed by atoms with Gasteiger partial charge in [0.2, 0.25) is 0 Å². The van der Waals surface area contributed by atoms with Gasteiger partial charge in [0, 0.05) is 42.2 Å². The summed E-state index contributed by atoms with van der Waals surface area (Å²) < 4.78 is 48.5. The van der Waals surface area contributed by atoms with Crippen LogP contribution in [0.4, 0.5) is 24.7 Å². The summed E-state index contributed by atoms with van der Waals surface area (Å²) in [5.74, 6) is 0.0541. The van der Waals surface area contributed by atoms with Crippen LogP contribution in [0, 0.1) is 0 Å². The van der Waals surface area contributed by atoms with Crippen LogP contribution in [0.5, 0.6) is 5.75 Å². The number of halogens is 3. The zero-order chi connectivity index (χ0) is 26.1. The highest BCUT2D eigenvalue weighted by atomic mass is 19.4. The zero-order valence-electron chi connectivity index (χ0n) is 19.7. The SMILES string of the molecule is Cn1cc(N(C(=O)c2ccc3nc(N)c4c(cnn4C)c3c2)[C@@H]2COc3cc(C(F)(F)F)ccc32)cn1. The minimum Gasteiger partial charge on any atom is -0.491 e. The molecule has 0 saturated heterocycles. The van der Waals surface area contributed by atoms with Crippen LogP contribution in [0.15, 0.2) is 55.0 Å². The molecule has 4 heterocycles. The number of fused-ring (bicyclic) bond motifs is 4. The Labute approximate surface area is 207 Å². The summed E-state index contributed by atoms with van der Waals surface area (Å²) in [5, 5.41) is 9.91. The van der Waals surface area contributed by atoms with E-state index in [1.807, 2.05) is 0 Å². The molecule has 1 aliphatic heterocycles. The van der Waals surface area contributed by atoms with Gasteiger partial charge in [-0.1, -0.05) is 6.07 Å². The Hall–Kier alpha value is -4.61. The molecule has 0 radical (unpaired) electrons. The van der Waals surface area contributed by atoms with E-state index in [0.717, 1.165) is 17.5 Å². The van der Waals surface area contributed by atoms with Crippen LogP contribution in [-0.2, 0) is 20.3 Å². The molecular formula is C25H20F3N7O2. The Morgan fingerprint density at radius 1 is 1.11 bits per heavy atom. The van der Waals surface area contributed by atoms with Crippen molar-refractivity contribution in [3.05, 3.63) is 71.7 Å². The summed E-state index contributed by atoms with van der Waals surface area (Å²) in [5.41, 5.74) is 7.88. The number of anilines is 2. The molecule has 37 heavy (non-hydrogen) atoms. The van der Waals surface area contributed by atoms with Gasteiger partial charge in [0.15, 0.2) is 0 Å². The fourth-order valence-corrected chi connectivity index (χ4v) is 4.80. The standard InChI is InChI=1S/C25H20F3N7O2/c1-33-11-15(9-30-33)35(20-12-37-21-8-14(25(26,27)28)4-5-16(20)21)24(36)13-3-6-19-17(7-13)18-10-31-34(2)22(18)23(29)32-19/h3-11,20H,12H2,1-2H3,(H2,29,32)/t20-/m1/s1. The van der Waals surface area contributed by atoms with Gasteiger partial charge in [0.25, 0.3) is 5.91 Å². The smallest absolute Gasteiger partial charge is 0.416 e. The summed E-state index contributed by atoms with van der Waals surface area (Å²) in [6.45, 7) is -0.00417. The van der Waals surface area contributed by atoms with E-state index >= 15 is 0 Å². The molecule has 1 atom stereocenters. The Balaban J connectivity index is 1.47. The third-order valence-electron chi connectivity index (χ3n) is 6.55. The Bertz CT molecular complexity index is 1710. The molecule has 0 unspecified atom stereocenters. The monoisotopic (exact) mass is 507 g/mol. The Morgan fingerprint density at radius 2 is 1.92 bits per heavy atom. The van der Waals surface area contributed by atoms with Crippen molar-refractivity contribution in [3.63, 3.8) is 0 Å². The number of ether oxygens (including phenoxy) is 1. The highest BCUT2D eigenvalue weighted by molar-refractivity contribution is 6.13. The lowest BCUT2D eigenvalue weighted by molar-refractivity contribution is -0.137. The van der Waals surface area contributed by atoms with Crippen molar-refractivity contribution in [2.45, 2.75) is 12.2 Å². The number of benzene rings is 2. The first kappa shape index (κ1) is 22.8. The van der Waals surface area contributed by atoms with Crippen molar-refractivity contribution >= 4 is 39.2 Å². The van der Waals surface area contributed by atoms with E-state index < -0.39 is 17.8 Å². The average molecular weight is 507 g/mol. The first-order valence-corrected chi connectivity index (χ1v) is 11.3. The lowest BCUT2D eigenvalue weighted by Crippen LogP contribution is -2.35. The van der Waals surface area contributed by atoms with E-state index in [2.05, 4.69) is 15.2 Å². The van der Waals surface area contributed by atoms with Crippen molar-refractivity contribution in [2.24, 2.45) is 14.1 Å². The minimum absolute atomic E-state index is 0.00417. The molecule has 12 heteroatoms. The van der Waals surface area contributed by atoms with Crippen molar-refractivity contribution in [3.8, 4) is 5.75 Å². The van der Waals surface area contributed by atoms with Gasteiger partial charge < -0.3 is 10.5 Å². The number of aryl methyl sites for hydroxylation is 2. The summed E-state index contributed by atoms with van der Waals surface area (Å²) in [7, 11) is 3.47. The van der Waals surface area contributed by atoms with E-state index in [4.69, 9.17) is 10.5 Å². The van der Waals surface area contributed by atoms with E-state index in [1.165, 1.54) is 17.2 Å². The number of carbonyl (C=O) groups excluding carboxylic acids is 1. The molecule has 1 amide bonds. The maximum Gasteiger partial charge on any atom is 0.416 e. The van der Waals surface area contributed by atoms with Crippen LogP contribution in [0.1, 0.15) is 27.5 Å². The Morgan fingerprint density at radius 3 is 2.65 bits per heavy atom. The van der Waals surface area contributed by atoms with E-state index in [1.54, 1.807) is 54.1 Å². The van der Waals surface area contributed by atoms with Crippen molar-refractivity contribution in [1.29, 1.82) is 0 Å². The molecule has 0 saturated carbocycles. The van der Waals surface area contributed by atoms with E-state index in [9.17, 15) is 18.0 Å². The second-order valence-corrected chi connectivity index (χ2v) is 8.88. The summed E-state index contributed by atoms with van der Waals surface area (Å²) >= 11 is 0. The number of hydrogen-bond donors (Lipinski definition) is 1. The molecule has 188 valence electrons. The van der Waals surface area contributed by atoms with Crippen LogP contribution in [0.3, 0.4) is 0 Å². The molecule has 9 nitrogen and oxygen atoms in total. The minimum atomic E-state index is -4.50. The molecular weight excluding hydrogens is 487 g/mol. The van der Waals surface area contributed by atoms with Gasteiger partial charge in [-0.05, 0) is 30.3 Å². The number of nitrogens with zero attached hydrogens (tertiary/aromatic N) is 6. The van der Waals surface area contributed by atoms with Gasteiger partial charge in [-0.2, -0.15) is 23.4 Å².